The van der Waals surface area contributed by atoms with E-state index in [9.17, 15) is 4.79 Å². The minimum atomic E-state index is 0.170. The number of rotatable bonds is 4. The fourth-order valence-electron chi connectivity index (χ4n) is 3.98. The first-order valence-corrected chi connectivity index (χ1v) is 8.49. The Labute approximate surface area is 141 Å². The molecular formula is C19H21N3O2. The number of aryl methyl sites for hydroxylation is 1. The van der Waals surface area contributed by atoms with Crippen molar-refractivity contribution in [1.29, 1.82) is 0 Å². The van der Waals surface area contributed by atoms with Crippen LogP contribution in [0.15, 0.2) is 36.8 Å². The normalized spacial score (nSPS) is 21.5. The summed E-state index contributed by atoms with van der Waals surface area (Å²) in [6, 6.07) is 8.42. The number of carbonyl (C=O) groups is 1. The van der Waals surface area contributed by atoms with E-state index in [1.165, 1.54) is 0 Å². The molecule has 0 radical (unpaired) electrons. The van der Waals surface area contributed by atoms with Crippen molar-refractivity contribution in [1.82, 2.24) is 14.9 Å². The Morgan fingerprint density at radius 1 is 1.29 bits per heavy atom. The summed E-state index contributed by atoms with van der Waals surface area (Å²) in [6.07, 6.45) is 7.76. The van der Waals surface area contributed by atoms with Crippen molar-refractivity contribution in [2.24, 2.45) is 0 Å². The highest BCUT2D eigenvalue weighted by Gasteiger charge is 2.42. The van der Waals surface area contributed by atoms with Crippen LogP contribution in [0.25, 0.3) is 0 Å². The van der Waals surface area contributed by atoms with Gasteiger partial charge in [-0.15, -0.1) is 0 Å². The molecule has 2 bridgehead atoms. The zero-order valence-electron chi connectivity index (χ0n) is 13.8. The highest BCUT2D eigenvalue weighted by molar-refractivity contribution is 5.78. The van der Waals surface area contributed by atoms with Crippen LogP contribution in [0.2, 0.25) is 0 Å². The molecule has 0 aliphatic carbocycles. The minimum Gasteiger partial charge on any atom is -0.497 e. The molecule has 24 heavy (non-hydrogen) atoms. The van der Waals surface area contributed by atoms with Crippen molar-refractivity contribution in [3.63, 3.8) is 0 Å². The van der Waals surface area contributed by atoms with E-state index in [4.69, 9.17) is 4.74 Å². The quantitative estimate of drug-likeness (QED) is 0.868. The summed E-state index contributed by atoms with van der Waals surface area (Å²) in [4.78, 5) is 23.5. The highest BCUT2D eigenvalue weighted by atomic mass is 16.5. The van der Waals surface area contributed by atoms with E-state index in [0.717, 1.165) is 48.3 Å². The second kappa shape index (κ2) is 6.23. The van der Waals surface area contributed by atoms with Gasteiger partial charge >= 0.3 is 0 Å². The van der Waals surface area contributed by atoms with E-state index < -0.39 is 0 Å². The van der Waals surface area contributed by atoms with Crippen LogP contribution in [0, 0.1) is 0 Å². The van der Waals surface area contributed by atoms with Crippen LogP contribution in [0.1, 0.15) is 42.1 Å². The van der Waals surface area contributed by atoms with E-state index in [-0.39, 0.29) is 11.9 Å². The number of hydrogen-bond donors (Lipinski definition) is 0. The number of amides is 1. The Morgan fingerprint density at radius 3 is 2.92 bits per heavy atom. The van der Waals surface area contributed by atoms with Gasteiger partial charge in [0.15, 0.2) is 0 Å². The van der Waals surface area contributed by atoms with Crippen LogP contribution in [0.4, 0.5) is 0 Å². The third-order valence-electron chi connectivity index (χ3n) is 5.19. The van der Waals surface area contributed by atoms with Crippen LogP contribution < -0.4 is 4.74 Å². The molecule has 1 fully saturated rings. The van der Waals surface area contributed by atoms with Gasteiger partial charge < -0.3 is 9.64 Å². The monoisotopic (exact) mass is 323 g/mol. The summed E-state index contributed by atoms with van der Waals surface area (Å²) in [5.41, 5.74) is 3.43. The minimum absolute atomic E-state index is 0.170. The summed E-state index contributed by atoms with van der Waals surface area (Å²) in [7, 11) is 1.66. The number of hydrogen-bond acceptors (Lipinski definition) is 4. The van der Waals surface area contributed by atoms with E-state index in [2.05, 4.69) is 14.9 Å². The van der Waals surface area contributed by atoms with Crippen molar-refractivity contribution in [3.8, 4) is 5.75 Å². The maximum absolute atomic E-state index is 12.8. The van der Waals surface area contributed by atoms with Gasteiger partial charge in [-0.05, 0) is 37.0 Å². The molecule has 3 heterocycles. The van der Waals surface area contributed by atoms with Gasteiger partial charge in [-0.1, -0.05) is 12.1 Å². The molecule has 1 amide bonds. The van der Waals surface area contributed by atoms with Crippen molar-refractivity contribution in [3.05, 3.63) is 53.6 Å². The molecule has 1 aromatic heterocycles. The van der Waals surface area contributed by atoms with Crippen molar-refractivity contribution in [2.75, 3.05) is 7.11 Å². The van der Waals surface area contributed by atoms with Gasteiger partial charge in [0.05, 0.1) is 18.8 Å². The van der Waals surface area contributed by atoms with E-state index in [1.807, 2.05) is 30.5 Å². The van der Waals surface area contributed by atoms with Gasteiger partial charge in [0.1, 0.15) is 12.1 Å². The zero-order valence-corrected chi connectivity index (χ0v) is 13.8. The molecule has 1 aromatic carbocycles. The predicted octanol–water partition coefficient (Wildman–Crippen LogP) is 2.71. The maximum atomic E-state index is 12.8. The Kier molecular flexibility index (Phi) is 3.92. The Hall–Kier alpha value is -2.43. The summed E-state index contributed by atoms with van der Waals surface area (Å²) in [6.45, 7) is 0. The molecule has 2 unspecified atom stereocenters. The van der Waals surface area contributed by atoms with Crippen LogP contribution >= 0.6 is 0 Å². The smallest absolute Gasteiger partial charge is 0.223 e. The number of methoxy groups -OCH3 is 1. The lowest BCUT2D eigenvalue weighted by Gasteiger charge is -2.35. The average Bonchev–Trinajstić information content (AvgIpc) is 2.95. The number of aromatic nitrogens is 2. The lowest BCUT2D eigenvalue weighted by atomic mass is 9.98. The van der Waals surface area contributed by atoms with E-state index >= 15 is 0 Å². The van der Waals surface area contributed by atoms with Crippen molar-refractivity contribution < 1.29 is 9.53 Å². The largest absolute Gasteiger partial charge is 0.497 e. The summed E-state index contributed by atoms with van der Waals surface area (Å²) >= 11 is 0. The van der Waals surface area contributed by atoms with Gasteiger partial charge in [0.2, 0.25) is 5.91 Å². The number of carbonyl (C=O) groups excluding carboxylic acids is 1. The number of fused-ring (bicyclic) bond motifs is 4. The van der Waals surface area contributed by atoms with Gasteiger partial charge in [-0.3, -0.25) is 4.79 Å². The van der Waals surface area contributed by atoms with Crippen molar-refractivity contribution in [2.45, 2.75) is 44.2 Å². The second-order valence-electron chi connectivity index (χ2n) is 6.52. The summed E-state index contributed by atoms with van der Waals surface area (Å²) < 4.78 is 5.17. The molecule has 2 aliphatic rings. The SMILES string of the molecule is COc1ccc(CCC(=O)N2C3CCC2c2cncnc2C3)cc1. The Bertz CT molecular complexity index is 745. The fourth-order valence-corrected chi connectivity index (χ4v) is 3.98. The van der Waals surface area contributed by atoms with Crippen LogP contribution in [-0.2, 0) is 17.6 Å². The molecule has 4 rings (SSSR count). The Balaban J connectivity index is 1.45. The molecule has 5 heteroatoms. The topological polar surface area (TPSA) is 55.3 Å². The first kappa shape index (κ1) is 15.1. The summed E-state index contributed by atoms with van der Waals surface area (Å²) in [5, 5.41) is 0. The average molecular weight is 323 g/mol. The zero-order chi connectivity index (χ0) is 16.5. The molecule has 0 saturated carbocycles. The number of nitrogens with zero attached hydrogens (tertiary/aromatic N) is 3. The molecule has 2 aromatic rings. The van der Waals surface area contributed by atoms with Gasteiger partial charge in [-0.25, -0.2) is 9.97 Å². The second-order valence-corrected chi connectivity index (χ2v) is 6.52. The Morgan fingerprint density at radius 2 is 2.12 bits per heavy atom. The molecular weight excluding hydrogens is 302 g/mol. The lowest BCUT2D eigenvalue weighted by Crippen LogP contribution is -2.42. The van der Waals surface area contributed by atoms with Crippen LogP contribution in [-0.4, -0.2) is 33.9 Å². The lowest BCUT2D eigenvalue weighted by molar-refractivity contribution is -0.134. The first-order chi connectivity index (χ1) is 11.8. The number of ether oxygens (including phenoxy) is 1. The van der Waals surface area contributed by atoms with E-state index in [1.54, 1.807) is 13.4 Å². The molecule has 1 saturated heterocycles. The highest BCUT2D eigenvalue weighted by Crippen LogP contribution is 2.43. The fraction of sp³-hybridized carbons (Fsp3) is 0.421. The molecule has 124 valence electrons. The summed E-state index contributed by atoms with van der Waals surface area (Å²) in [5.74, 6) is 1.09. The standard InChI is InChI=1S/C19H21N3O2/c1-24-15-6-2-13(3-7-15)4-9-19(23)22-14-5-8-18(22)16-11-20-12-21-17(16)10-14/h2-3,6-7,11-12,14,18H,4-5,8-10H2,1H3. The number of benzene rings is 1. The van der Waals surface area contributed by atoms with Crippen LogP contribution in [0.5, 0.6) is 5.75 Å². The first-order valence-electron chi connectivity index (χ1n) is 8.49. The van der Waals surface area contributed by atoms with Gasteiger partial charge in [0.25, 0.3) is 0 Å². The third kappa shape index (κ3) is 2.64. The molecule has 2 atom stereocenters. The van der Waals surface area contributed by atoms with Gasteiger partial charge in [0, 0.05) is 30.6 Å². The molecule has 2 aliphatic heterocycles. The predicted molar refractivity (Wildman–Crippen MR) is 89.7 cm³/mol. The maximum Gasteiger partial charge on any atom is 0.223 e. The molecule has 0 N–H and O–H groups in total. The van der Waals surface area contributed by atoms with E-state index in [0.29, 0.717) is 12.5 Å². The van der Waals surface area contributed by atoms with Gasteiger partial charge in [-0.2, -0.15) is 0 Å². The molecule has 0 spiro atoms. The van der Waals surface area contributed by atoms with Crippen molar-refractivity contribution >= 4 is 5.91 Å². The third-order valence-corrected chi connectivity index (χ3v) is 5.19. The molecule has 5 nitrogen and oxygen atoms in total. The van der Waals surface area contributed by atoms with Crippen LogP contribution in [0.3, 0.4) is 0 Å².